The predicted octanol–water partition coefficient (Wildman–Crippen LogP) is 6.18. The van der Waals surface area contributed by atoms with Crippen molar-refractivity contribution in [1.82, 2.24) is 0 Å². The van der Waals surface area contributed by atoms with Crippen molar-refractivity contribution in [1.29, 1.82) is 0 Å². The maximum Gasteiger partial charge on any atom is 0.258 e. The van der Waals surface area contributed by atoms with Crippen molar-refractivity contribution in [3.05, 3.63) is 93.0 Å². The topological polar surface area (TPSA) is 101 Å². The summed E-state index contributed by atoms with van der Waals surface area (Å²) in [4.78, 5) is 37.0. The van der Waals surface area contributed by atoms with Crippen LogP contribution >= 0.6 is 46.4 Å². The van der Waals surface area contributed by atoms with E-state index in [1.807, 2.05) is 0 Å². The van der Waals surface area contributed by atoms with Gasteiger partial charge in [0.15, 0.2) is 5.82 Å². The van der Waals surface area contributed by atoms with Gasteiger partial charge in [0, 0.05) is 24.2 Å². The van der Waals surface area contributed by atoms with E-state index in [1.165, 1.54) is 43.3 Å². The van der Waals surface area contributed by atoms with E-state index in [-0.39, 0.29) is 16.5 Å². The van der Waals surface area contributed by atoms with Gasteiger partial charge in [-0.15, -0.1) is 0 Å². The first-order valence-corrected chi connectivity index (χ1v) is 12.1. The van der Waals surface area contributed by atoms with E-state index < -0.39 is 49.7 Å². The van der Waals surface area contributed by atoms with Crippen molar-refractivity contribution in [3.8, 4) is 0 Å². The van der Waals surface area contributed by atoms with Crippen LogP contribution in [-0.4, -0.2) is 22.1 Å². The summed E-state index contributed by atoms with van der Waals surface area (Å²) in [6, 6.07) is 12.0. The molecule has 1 aliphatic carbocycles. The number of amides is 3. The third kappa shape index (κ3) is 4.63. The fraction of sp³-hybridized carbons (Fsp3) is 0.160. The van der Waals surface area contributed by atoms with Crippen molar-refractivity contribution in [2.45, 2.75) is 22.6 Å². The normalized spacial score (nSPS) is 19.7. The third-order valence-electron chi connectivity index (χ3n) is 6.09. The van der Waals surface area contributed by atoms with Crippen LogP contribution in [0.2, 0.25) is 10.0 Å². The van der Waals surface area contributed by atoms with E-state index in [0.717, 1.165) is 18.2 Å². The quantitative estimate of drug-likeness (QED) is 0.301. The average molecular weight is 587 g/mol. The number of carbonyl (C=O) groups excluding carboxylic acids is 3. The Balaban J connectivity index is 1.73. The molecule has 0 heterocycles. The van der Waals surface area contributed by atoms with Crippen LogP contribution in [0.15, 0.2) is 54.6 Å². The van der Waals surface area contributed by atoms with Crippen molar-refractivity contribution < 1.29 is 23.2 Å². The molecule has 3 aromatic carbocycles. The third-order valence-corrected chi connectivity index (χ3v) is 7.69. The molecule has 2 unspecified atom stereocenters. The van der Waals surface area contributed by atoms with Gasteiger partial charge in [0.2, 0.25) is 11.8 Å². The number of carbonyl (C=O) groups is 3. The largest absolute Gasteiger partial charge is 0.369 e. The molecule has 1 saturated carbocycles. The second-order valence-corrected chi connectivity index (χ2v) is 10.6. The van der Waals surface area contributed by atoms with Crippen LogP contribution in [-0.2, 0) is 15.0 Å². The van der Waals surface area contributed by atoms with E-state index in [4.69, 9.17) is 52.1 Å². The highest BCUT2D eigenvalue weighted by Gasteiger charge is 2.81. The molecule has 0 saturated heterocycles. The Morgan fingerprint density at radius 3 is 2.03 bits per heavy atom. The molecule has 6 nitrogen and oxygen atoms in total. The number of alkyl halides is 2. The van der Waals surface area contributed by atoms with E-state index in [2.05, 4.69) is 10.6 Å². The van der Waals surface area contributed by atoms with Gasteiger partial charge in [0.1, 0.15) is 15.6 Å². The maximum absolute atomic E-state index is 15.0. The molecule has 0 spiro atoms. The molecule has 37 heavy (non-hydrogen) atoms. The highest BCUT2D eigenvalue weighted by atomic mass is 35.5. The van der Waals surface area contributed by atoms with E-state index >= 15 is 0 Å². The van der Waals surface area contributed by atoms with E-state index in [0.29, 0.717) is 16.9 Å². The maximum atomic E-state index is 15.0. The second-order valence-electron chi connectivity index (χ2n) is 8.43. The molecule has 4 N–H and O–H groups in total. The highest BCUT2D eigenvalue weighted by Crippen LogP contribution is 2.74. The van der Waals surface area contributed by atoms with Crippen LogP contribution in [0.1, 0.15) is 34.3 Å². The van der Waals surface area contributed by atoms with Gasteiger partial charge >= 0.3 is 0 Å². The van der Waals surface area contributed by atoms with Crippen LogP contribution < -0.4 is 16.4 Å². The lowest BCUT2D eigenvalue weighted by atomic mass is 9.88. The van der Waals surface area contributed by atoms with Gasteiger partial charge in [0.25, 0.3) is 5.91 Å². The Bertz CT molecular complexity index is 1450. The molecule has 3 aromatic rings. The number of hydrogen-bond acceptors (Lipinski definition) is 3. The summed E-state index contributed by atoms with van der Waals surface area (Å²) in [5, 5.41) is 4.40. The Kier molecular flexibility index (Phi) is 7.16. The molecule has 0 aliphatic heterocycles. The van der Waals surface area contributed by atoms with Crippen molar-refractivity contribution in [2.24, 2.45) is 5.73 Å². The molecule has 2 atom stereocenters. The predicted molar refractivity (Wildman–Crippen MR) is 140 cm³/mol. The van der Waals surface area contributed by atoms with Gasteiger partial charge in [-0.05, 0) is 59.7 Å². The number of primary amides is 1. The summed E-state index contributed by atoms with van der Waals surface area (Å²) in [5.74, 6) is -4.87. The van der Waals surface area contributed by atoms with Crippen molar-refractivity contribution >= 4 is 75.5 Å². The van der Waals surface area contributed by atoms with Crippen molar-refractivity contribution in [3.63, 3.8) is 0 Å². The summed E-state index contributed by atoms with van der Waals surface area (Å²) in [6.45, 7) is 1.35. The molecular weight excluding hydrogens is 570 g/mol. The Hall–Kier alpha value is -2.91. The molecule has 1 aliphatic rings. The van der Waals surface area contributed by atoms with Crippen LogP contribution in [0.4, 0.5) is 20.2 Å². The van der Waals surface area contributed by atoms with Crippen LogP contribution in [0.25, 0.3) is 0 Å². The number of nitrogens with two attached hydrogens (primary N) is 1. The summed E-state index contributed by atoms with van der Waals surface area (Å²) < 4.78 is 26.9. The number of halogens is 6. The van der Waals surface area contributed by atoms with E-state index in [9.17, 15) is 23.2 Å². The standard InChI is InChI=1S/C25H17Cl4F2N3O3/c1-11(35)33-14-3-5-15(6-4-14)34-22(36)16-9-13(10-18(27)20(16)31)24(23(32)37)21(25(24,28)29)12-2-7-19(30)17(26)8-12/h2-10,21H,1H3,(H2,32,37)(H,33,35)(H,34,36). The molecule has 0 bridgehead atoms. The zero-order chi connectivity index (χ0) is 27.3. The van der Waals surface area contributed by atoms with Crippen LogP contribution in [0.5, 0.6) is 0 Å². The summed E-state index contributed by atoms with van der Waals surface area (Å²) >= 11 is 25.1. The zero-order valence-corrected chi connectivity index (χ0v) is 21.9. The molecule has 4 rings (SSSR count). The number of anilines is 2. The molecule has 0 radical (unpaired) electrons. The molecule has 192 valence electrons. The van der Waals surface area contributed by atoms with Gasteiger partial charge in [-0.1, -0.05) is 52.5 Å². The minimum atomic E-state index is -1.84. The van der Waals surface area contributed by atoms with Crippen molar-refractivity contribution in [2.75, 3.05) is 10.6 Å². The number of nitrogens with one attached hydrogen (secondary N) is 2. The van der Waals surface area contributed by atoms with Gasteiger partial charge in [-0.2, -0.15) is 0 Å². The first-order chi connectivity index (χ1) is 17.3. The SMILES string of the molecule is CC(=O)Nc1ccc(NC(=O)c2cc(C3(C(N)=O)C(c4ccc(F)c(Cl)c4)C3(Cl)Cl)cc(Cl)c2F)cc1. The molecule has 12 heteroatoms. The number of hydrogen-bond donors (Lipinski definition) is 3. The lowest BCUT2D eigenvalue weighted by Crippen LogP contribution is -2.34. The fourth-order valence-corrected chi connectivity index (χ4v) is 5.89. The van der Waals surface area contributed by atoms with Crippen LogP contribution in [0.3, 0.4) is 0 Å². The lowest BCUT2D eigenvalue weighted by Gasteiger charge is -2.18. The van der Waals surface area contributed by atoms with Gasteiger partial charge in [-0.3, -0.25) is 14.4 Å². The molecule has 0 aromatic heterocycles. The fourth-order valence-electron chi connectivity index (χ4n) is 4.38. The highest BCUT2D eigenvalue weighted by molar-refractivity contribution is 6.55. The summed E-state index contributed by atoms with van der Waals surface area (Å²) in [5.41, 5.74) is 4.49. The second kappa shape index (κ2) is 9.76. The zero-order valence-electron chi connectivity index (χ0n) is 18.8. The Morgan fingerprint density at radius 2 is 1.49 bits per heavy atom. The van der Waals surface area contributed by atoms with Crippen LogP contribution in [0, 0.1) is 11.6 Å². The Labute approximate surface area is 230 Å². The molecule has 1 fully saturated rings. The lowest BCUT2D eigenvalue weighted by molar-refractivity contribution is -0.120. The monoisotopic (exact) mass is 585 g/mol. The first kappa shape index (κ1) is 27.1. The van der Waals surface area contributed by atoms with Gasteiger partial charge < -0.3 is 16.4 Å². The van der Waals surface area contributed by atoms with E-state index in [1.54, 1.807) is 0 Å². The number of rotatable bonds is 6. The molecular formula is C25H17Cl4F2N3O3. The minimum Gasteiger partial charge on any atom is -0.369 e. The number of benzene rings is 3. The molecule has 3 amide bonds. The average Bonchev–Trinajstić information content (AvgIpc) is 3.35. The van der Waals surface area contributed by atoms with Gasteiger partial charge in [0.05, 0.1) is 15.6 Å². The first-order valence-electron chi connectivity index (χ1n) is 10.6. The minimum absolute atomic E-state index is 0.00648. The van der Waals surface area contributed by atoms with Gasteiger partial charge in [-0.25, -0.2) is 8.78 Å². The smallest absolute Gasteiger partial charge is 0.258 e. The summed E-state index contributed by atoms with van der Waals surface area (Å²) in [7, 11) is 0. The Morgan fingerprint density at radius 1 is 0.892 bits per heavy atom. The summed E-state index contributed by atoms with van der Waals surface area (Å²) in [6.07, 6.45) is 0.